The molecule has 4 heterocycles. The molecule has 0 unspecified atom stereocenters. The molecule has 4 aromatic rings. The van der Waals surface area contributed by atoms with Crippen LogP contribution < -0.4 is 16.0 Å². The number of anilines is 2. The monoisotopic (exact) mass is 432 g/mol. The van der Waals surface area contributed by atoms with Gasteiger partial charge in [0.15, 0.2) is 0 Å². The zero-order valence-corrected chi connectivity index (χ0v) is 18.1. The molecule has 32 heavy (non-hydrogen) atoms. The smallest absolute Gasteiger partial charge is 0.144 e. The van der Waals surface area contributed by atoms with Crippen LogP contribution in [0.1, 0.15) is 30.1 Å². The van der Waals surface area contributed by atoms with Crippen molar-refractivity contribution in [1.29, 1.82) is 0 Å². The van der Waals surface area contributed by atoms with Crippen LogP contribution in [0.4, 0.5) is 15.9 Å². The Balaban J connectivity index is 1.53. The molecule has 1 aliphatic heterocycles. The predicted octanol–water partition coefficient (Wildman–Crippen LogP) is 2.91. The molecule has 2 atom stereocenters. The van der Waals surface area contributed by atoms with E-state index < -0.39 is 0 Å². The van der Waals surface area contributed by atoms with Crippen molar-refractivity contribution in [3.63, 3.8) is 0 Å². The lowest BCUT2D eigenvalue weighted by Gasteiger charge is -2.19. The van der Waals surface area contributed by atoms with Crippen LogP contribution in [0.2, 0.25) is 0 Å². The average molecular weight is 433 g/mol. The number of nitrogens with one attached hydrogen (secondary N) is 2. The largest absolute Gasteiger partial charge is 0.386 e. The Morgan fingerprint density at radius 2 is 2.06 bits per heavy atom. The van der Waals surface area contributed by atoms with Gasteiger partial charge in [-0.1, -0.05) is 0 Å². The Labute approximate surface area is 184 Å². The normalized spacial score (nSPS) is 22.4. The molecule has 9 heteroatoms. The Kier molecular flexibility index (Phi) is 4.13. The van der Waals surface area contributed by atoms with E-state index >= 15 is 0 Å². The van der Waals surface area contributed by atoms with E-state index in [2.05, 4.69) is 25.2 Å². The summed E-state index contributed by atoms with van der Waals surface area (Å²) in [6.07, 6.45) is 6.24. The predicted molar refractivity (Wildman–Crippen MR) is 122 cm³/mol. The summed E-state index contributed by atoms with van der Waals surface area (Å²) in [7, 11) is 1.79. The number of aromatic amines is 1. The SMILES string of the molecule is CNc1cc(F)cc2c1[nH]c1nc(Cc3cnc(C)nc3)nc(N3CC[C@@]4(C[C@H]4N)C3)c12. The highest BCUT2D eigenvalue weighted by Gasteiger charge is 2.55. The van der Waals surface area contributed by atoms with Gasteiger partial charge in [-0.05, 0) is 37.5 Å². The first kappa shape index (κ1) is 19.4. The first-order valence-electron chi connectivity index (χ1n) is 10.9. The lowest BCUT2D eigenvalue weighted by Crippen LogP contribution is -2.24. The maximum absolute atomic E-state index is 14.4. The Morgan fingerprint density at radius 1 is 1.28 bits per heavy atom. The molecular formula is C23H25FN8. The lowest BCUT2D eigenvalue weighted by molar-refractivity contribution is 0.553. The van der Waals surface area contributed by atoms with Gasteiger partial charge in [-0.3, -0.25) is 0 Å². The van der Waals surface area contributed by atoms with Crippen molar-refractivity contribution in [2.75, 3.05) is 30.4 Å². The summed E-state index contributed by atoms with van der Waals surface area (Å²) in [5, 5.41) is 4.72. The van der Waals surface area contributed by atoms with E-state index in [1.54, 1.807) is 13.1 Å². The van der Waals surface area contributed by atoms with Crippen LogP contribution in [0.3, 0.4) is 0 Å². The van der Waals surface area contributed by atoms with Crippen LogP contribution in [-0.2, 0) is 6.42 Å². The quantitative estimate of drug-likeness (QED) is 0.455. The number of nitrogens with two attached hydrogens (primary N) is 1. The van der Waals surface area contributed by atoms with Crippen LogP contribution in [0.5, 0.6) is 0 Å². The van der Waals surface area contributed by atoms with Gasteiger partial charge in [0, 0.05) is 55.8 Å². The van der Waals surface area contributed by atoms with E-state index in [0.29, 0.717) is 23.6 Å². The minimum absolute atomic E-state index is 0.190. The maximum Gasteiger partial charge on any atom is 0.144 e. The Bertz CT molecular complexity index is 1350. The summed E-state index contributed by atoms with van der Waals surface area (Å²) >= 11 is 0. The van der Waals surface area contributed by atoms with Crippen LogP contribution >= 0.6 is 0 Å². The van der Waals surface area contributed by atoms with Gasteiger partial charge >= 0.3 is 0 Å². The number of H-pyrrole nitrogens is 1. The Morgan fingerprint density at radius 3 is 2.75 bits per heavy atom. The molecule has 1 spiro atoms. The van der Waals surface area contributed by atoms with Crippen molar-refractivity contribution in [3.8, 4) is 0 Å². The summed E-state index contributed by atoms with van der Waals surface area (Å²) in [6, 6.07) is 3.30. The van der Waals surface area contributed by atoms with E-state index in [0.717, 1.165) is 59.4 Å². The molecule has 6 rings (SSSR count). The average Bonchev–Trinajstić information content (AvgIpc) is 3.10. The molecule has 1 aromatic carbocycles. The van der Waals surface area contributed by atoms with Crippen molar-refractivity contribution >= 4 is 33.4 Å². The highest BCUT2D eigenvalue weighted by Crippen LogP contribution is 2.53. The molecule has 3 aromatic heterocycles. The van der Waals surface area contributed by atoms with E-state index in [1.807, 2.05) is 19.3 Å². The van der Waals surface area contributed by atoms with Gasteiger partial charge < -0.3 is 20.9 Å². The Hall–Kier alpha value is -3.33. The van der Waals surface area contributed by atoms with Crippen LogP contribution in [-0.4, -0.2) is 51.1 Å². The number of rotatable bonds is 4. The fraction of sp³-hybridized carbons (Fsp3) is 0.391. The molecule has 0 radical (unpaired) electrons. The molecule has 164 valence electrons. The van der Waals surface area contributed by atoms with E-state index in [1.165, 1.54) is 6.07 Å². The van der Waals surface area contributed by atoms with Crippen LogP contribution in [0.25, 0.3) is 21.9 Å². The third kappa shape index (κ3) is 2.99. The number of nitrogens with zero attached hydrogens (tertiary/aromatic N) is 5. The van der Waals surface area contributed by atoms with Gasteiger partial charge in [-0.2, -0.15) is 0 Å². The van der Waals surface area contributed by atoms with Crippen molar-refractivity contribution in [2.45, 2.75) is 32.2 Å². The van der Waals surface area contributed by atoms with E-state index in [-0.39, 0.29) is 17.3 Å². The standard InChI is InChI=1S/C23H25FN8/c1-12-27-9-13(10-28-12)5-18-29-21-19(15-6-14(24)7-16(26-2)20(15)31-21)22(30-18)32-4-3-23(11-32)8-17(23)25/h6-7,9-10,17,26H,3-5,8,11,25H2,1-2H3,(H,29,30,31)/t17-,23-/m1/s1. The fourth-order valence-corrected chi connectivity index (χ4v) is 5.01. The summed E-state index contributed by atoms with van der Waals surface area (Å²) in [6.45, 7) is 3.61. The highest BCUT2D eigenvalue weighted by atomic mass is 19.1. The van der Waals surface area contributed by atoms with Crippen LogP contribution in [0.15, 0.2) is 24.5 Å². The second kappa shape index (κ2) is 6.83. The number of hydrogen-bond donors (Lipinski definition) is 3. The number of benzene rings is 1. The molecule has 4 N–H and O–H groups in total. The third-order valence-corrected chi connectivity index (χ3v) is 6.96. The first-order chi connectivity index (χ1) is 15.5. The minimum atomic E-state index is -0.295. The second-order valence-corrected chi connectivity index (χ2v) is 9.10. The number of hydrogen-bond acceptors (Lipinski definition) is 7. The van der Waals surface area contributed by atoms with Crippen molar-refractivity contribution < 1.29 is 4.39 Å². The number of aryl methyl sites for hydroxylation is 1. The van der Waals surface area contributed by atoms with E-state index in [9.17, 15) is 4.39 Å². The maximum atomic E-state index is 14.4. The van der Waals surface area contributed by atoms with Crippen molar-refractivity contribution in [2.24, 2.45) is 11.1 Å². The topological polar surface area (TPSA) is 109 Å². The highest BCUT2D eigenvalue weighted by molar-refractivity contribution is 6.14. The number of halogens is 1. The van der Waals surface area contributed by atoms with Gasteiger partial charge in [-0.25, -0.2) is 24.3 Å². The summed E-state index contributed by atoms with van der Waals surface area (Å²) in [4.78, 5) is 24.1. The second-order valence-electron chi connectivity index (χ2n) is 9.10. The van der Waals surface area contributed by atoms with E-state index in [4.69, 9.17) is 15.7 Å². The van der Waals surface area contributed by atoms with Gasteiger partial charge in [-0.15, -0.1) is 0 Å². The first-order valence-corrected chi connectivity index (χ1v) is 10.9. The molecule has 1 saturated carbocycles. The van der Waals surface area contributed by atoms with Crippen molar-refractivity contribution in [1.82, 2.24) is 24.9 Å². The third-order valence-electron chi connectivity index (χ3n) is 6.96. The molecule has 2 fully saturated rings. The van der Waals surface area contributed by atoms with Crippen molar-refractivity contribution in [3.05, 3.63) is 47.6 Å². The molecule has 0 bridgehead atoms. The van der Waals surface area contributed by atoms with Crippen LogP contribution in [0, 0.1) is 18.2 Å². The minimum Gasteiger partial charge on any atom is -0.386 e. The van der Waals surface area contributed by atoms with Gasteiger partial charge in [0.2, 0.25) is 0 Å². The fourth-order valence-electron chi connectivity index (χ4n) is 5.01. The number of aromatic nitrogens is 5. The molecular weight excluding hydrogens is 407 g/mol. The van der Waals surface area contributed by atoms with Gasteiger partial charge in [0.1, 0.15) is 28.9 Å². The van der Waals surface area contributed by atoms with Gasteiger partial charge in [0.25, 0.3) is 0 Å². The lowest BCUT2D eigenvalue weighted by atomic mass is 10.1. The molecule has 0 amide bonds. The summed E-state index contributed by atoms with van der Waals surface area (Å²) in [5.41, 5.74) is 9.61. The molecule has 2 aliphatic rings. The zero-order chi connectivity index (χ0) is 22.0. The summed E-state index contributed by atoms with van der Waals surface area (Å²) < 4.78 is 14.4. The number of fused-ring (bicyclic) bond motifs is 3. The summed E-state index contributed by atoms with van der Waals surface area (Å²) in [5.74, 6) is 1.95. The zero-order valence-electron chi connectivity index (χ0n) is 18.1. The van der Waals surface area contributed by atoms with Gasteiger partial charge in [0.05, 0.1) is 16.6 Å². The molecule has 1 saturated heterocycles. The molecule has 1 aliphatic carbocycles. The molecule has 8 nitrogen and oxygen atoms in total.